The van der Waals surface area contributed by atoms with Gasteiger partial charge in [-0.2, -0.15) is 0 Å². The fourth-order valence-corrected chi connectivity index (χ4v) is 2.85. The molecule has 2 heterocycles. The molecule has 2 rings (SSSR count). The van der Waals surface area contributed by atoms with E-state index in [9.17, 15) is 9.59 Å². The number of aliphatic imine (C=N–C) groups is 1. The summed E-state index contributed by atoms with van der Waals surface area (Å²) in [5.41, 5.74) is -2.99. The molecule has 9 nitrogen and oxygen atoms in total. The number of carbonyl (C=O) groups is 2. The summed E-state index contributed by atoms with van der Waals surface area (Å²) in [5, 5.41) is 0. The van der Waals surface area contributed by atoms with Crippen LogP contribution >= 0.6 is 0 Å². The average Bonchev–Trinajstić information content (AvgIpc) is 3.20. The van der Waals surface area contributed by atoms with Crippen molar-refractivity contribution in [2.45, 2.75) is 58.3 Å². The molecule has 1 aromatic heterocycles. The number of ether oxygens (including phenoxy) is 5. The number of esters is 2. The quantitative estimate of drug-likeness (QED) is 0.726. The van der Waals surface area contributed by atoms with E-state index in [0.717, 1.165) is 0 Å². The van der Waals surface area contributed by atoms with E-state index in [4.69, 9.17) is 23.7 Å². The molecule has 0 bridgehead atoms. The van der Waals surface area contributed by atoms with E-state index in [0.29, 0.717) is 0 Å². The summed E-state index contributed by atoms with van der Waals surface area (Å²) in [7, 11) is 4.25. The molecule has 0 saturated carbocycles. The lowest BCUT2D eigenvalue weighted by molar-refractivity contribution is -0.161. The number of nitrogens with zero attached hydrogens (tertiary/aromatic N) is 1. The second kappa shape index (κ2) is 8.04. The van der Waals surface area contributed by atoms with Gasteiger partial charge in [-0.25, -0.2) is 14.6 Å². The number of aromatic nitrogens is 1. The Kier molecular flexibility index (Phi) is 6.25. The third-order valence-electron chi connectivity index (χ3n) is 4.01. The van der Waals surface area contributed by atoms with Crippen LogP contribution in [0.25, 0.3) is 0 Å². The highest BCUT2D eigenvalue weighted by Crippen LogP contribution is 2.42. The van der Waals surface area contributed by atoms with Crippen LogP contribution in [0, 0.1) is 0 Å². The van der Waals surface area contributed by atoms with Crippen LogP contribution in [0.1, 0.15) is 57.7 Å². The summed E-state index contributed by atoms with van der Waals surface area (Å²) in [6.45, 7) is 10.5. The molecule has 0 aliphatic carbocycles. The highest BCUT2D eigenvalue weighted by Gasteiger charge is 2.53. The van der Waals surface area contributed by atoms with Gasteiger partial charge in [-0.15, -0.1) is 0 Å². The molecule has 0 radical (unpaired) electrons. The van der Waals surface area contributed by atoms with Gasteiger partial charge in [-0.1, -0.05) is 0 Å². The van der Waals surface area contributed by atoms with Gasteiger partial charge in [-0.05, 0) is 41.5 Å². The SMILES string of the molecule is COC1=CC(OC)=NC1(C(=O)OC(C)(C)C)c1cc(OC)c(C(=O)OC(C)(C)C)[nH]1. The first-order chi connectivity index (χ1) is 13.8. The van der Waals surface area contributed by atoms with Crippen LogP contribution < -0.4 is 4.74 Å². The van der Waals surface area contributed by atoms with E-state index in [2.05, 4.69) is 9.98 Å². The maximum absolute atomic E-state index is 13.3. The topological polar surface area (TPSA) is 108 Å². The molecule has 1 aliphatic heterocycles. The van der Waals surface area contributed by atoms with Gasteiger partial charge in [0, 0.05) is 12.1 Å². The molecular formula is C21H30N2O7. The number of aromatic amines is 1. The summed E-state index contributed by atoms with van der Waals surface area (Å²) in [6.07, 6.45) is 1.49. The van der Waals surface area contributed by atoms with Crippen molar-refractivity contribution < 1.29 is 33.3 Å². The minimum Gasteiger partial charge on any atom is -0.497 e. The van der Waals surface area contributed by atoms with Crippen molar-refractivity contribution in [3.05, 3.63) is 29.3 Å². The molecule has 1 aromatic rings. The number of H-pyrrole nitrogens is 1. The highest BCUT2D eigenvalue weighted by atomic mass is 16.6. The minimum absolute atomic E-state index is 0.0434. The first-order valence-electron chi connectivity index (χ1n) is 9.41. The van der Waals surface area contributed by atoms with Crippen molar-refractivity contribution in [2.75, 3.05) is 21.3 Å². The summed E-state index contributed by atoms with van der Waals surface area (Å²) in [6, 6.07) is 1.50. The maximum Gasteiger partial charge on any atom is 0.359 e. The molecule has 1 unspecified atom stereocenters. The van der Waals surface area contributed by atoms with Crippen molar-refractivity contribution in [2.24, 2.45) is 4.99 Å². The zero-order valence-corrected chi connectivity index (χ0v) is 19.0. The maximum atomic E-state index is 13.3. The van der Waals surface area contributed by atoms with Crippen LogP contribution in [-0.4, -0.2) is 55.4 Å². The van der Waals surface area contributed by atoms with Crippen molar-refractivity contribution in [3.63, 3.8) is 0 Å². The average molecular weight is 422 g/mol. The standard InChI is InChI=1S/C21H30N2O7/c1-19(2,3)29-17(24)16-12(26-7)10-13(22-16)21(18(25)30-20(4,5)6)14(27-8)11-15(23-21)28-9/h10-11,22H,1-9H3. The van der Waals surface area contributed by atoms with Gasteiger partial charge in [0.2, 0.25) is 5.90 Å². The van der Waals surface area contributed by atoms with Gasteiger partial charge >= 0.3 is 11.9 Å². The zero-order chi connectivity index (χ0) is 22.9. The Morgan fingerprint density at radius 2 is 1.53 bits per heavy atom. The van der Waals surface area contributed by atoms with Gasteiger partial charge in [0.05, 0.1) is 27.0 Å². The molecule has 9 heteroatoms. The Balaban J connectivity index is 2.67. The molecule has 0 fully saturated rings. The van der Waals surface area contributed by atoms with Crippen molar-refractivity contribution in [3.8, 4) is 5.75 Å². The molecular weight excluding hydrogens is 392 g/mol. The van der Waals surface area contributed by atoms with E-state index in [1.165, 1.54) is 33.5 Å². The van der Waals surface area contributed by atoms with E-state index >= 15 is 0 Å². The number of methoxy groups -OCH3 is 3. The predicted molar refractivity (Wildman–Crippen MR) is 110 cm³/mol. The molecule has 0 amide bonds. The van der Waals surface area contributed by atoms with Crippen LogP contribution in [0.2, 0.25) is 0 Å². The lowest BCUT2D eigenvalue weighted by Gasteiger charge is -2.29. The molecule has 0 aromatic carbocycles. The first kappa shape index (κ1) is 23.3. The van der Waals surface area contributed by atoms with Crippen LogP contribution in [0.5, 0.6) is 5.75 Å². The van der Waals surface area contributed by atoms with Gasteiger partial charge < -0.3 is 28.7 Å². The van der Waals surface area contributed by atoms with E-state index in [1.54, 1.807) is 41.5 Å². The van der Waals surface area contributed by atoms with E-state index in [1.807, 2.05) is 0 Å². The number of carbonyl (C=O) groups excluding carboxylic acids is 2. The third-order valence-corrected chi connectivity index (χ3v) is 4.01. The van der Waals surface area contributed by atoms with Crippen molar-refractivity contribution >= 4 is 17.8 Å². The van der Waals surface area contributed by atoms with Crippen LogP contribution in [0.3, 0.4) is 0 Å². The van der Waals surface area contributed by atoms with Gasteiger partial charge in [-0.3, -0.25) is 0 Å². The predicted octanol–water partition coefficient (Wildman–Crippen LogP) is 3.10. The Morgan fingerprint density at radius 3 is 2.00 bits per heavy atom. The fraction of sp³-hybridized carbons (Fsp3) is 0.571. The van der Waals surface area contributed by atoms with Gasteiger partial charge in [0.25, 0.3) is 5.54 Å². The largest absolute Gasteiger partial charge is 0.497 e. The summed E-state index contributed by atoms with van der Waals surface area (Å²) >= 11 is 0. The van der Waals surface area contributed by atoms with E-state index < -0.39 is 28.7 Å². The first-order valence-corrected chi connectivity index (χ1v) is 9.41. The van der Waals surface area contributed by atoms with Crippen LogP contribution in [-0.2, 0) is 29.3 Å². The number of hydrogen-bond donors (Lipinski definition) is 1. The molecule has 1 atom stereocenters. The monoisotopic (exact) mass is 422 g/mol. The summed E-state index contributed by atoms with van der Waals surface area (Å²) < 4.78 is 27.1. The Hall–Kier alpha value is -2.97. The van der Waals surface area contributed by atoms with Crippen LogP contribution in [0.15, 0.2) is 22.9 Å². The highest BCUT2D eigenvalue weighted by molar-refractivity contribution is 6.00. The molecule has 1 aliphatic rings. The fourth-order valence-electron chi connectivity index (χ4n) is 2.85. The summed E-state index contributed by atoms with van der Waals surface area (Å²) in [4.78, 5) is 33.4. The van der Waals surface area contributed by atoms with Crippen molar-refractivity contribution in [1.29, 1.82) is 0 Å². The lowest BCUT2D eigenvalue weighted by atomic mass is 9.94. The Bertz CT molecular complexity index is 884. The van der Waals surface area contributed by atoms with E-state index in [-0.39, 0.29) is 28.8 Å². The molecule has 166 valence electrons. The zero-order valence-electron chi connectivity index (χ0n) is 19.0. The number of nitrogens with one attached hydrogen (secondary N) is 1. The molecule has 1 N–H and O–H groups in total. The second-order valence-corrected chi connectivity index (χ2v) is 8.71. The number of rotatable bonds is 5. The minimum atomic E-state index is -1.74. The van der Waals surface area contributed by atoms with Crippen molar-refractivity contribution in [1.82, 2.24) is 4.98 Å². The Morgan fingerprint density at radius 1 is 0.933 bits per heavy atom. The smallest absolute Gasteiger partial charge is 0.359 e. The van der Waals surface area contributed by atoms with Gasteiger partial charge in [0.1, 0.15) is 17.0 Å². The number of hydrogen-bond acceptors (Lipinski definition) is 8. The van der Waals surface area contributed by atoms with Gasteiger partial charge in [0.15, 0.2) is 11.4 Å². The molecule has 30 heavy (non-hydrogen) atoms. The lowest BCUT2D eigenvalue weighted by Crippen LogP contribution is -2.41. The molecule has 0 spiro atoms. The Labute approximate surface area is 176 Å². The second-order valence-electron chi connectivity index (χ2n) is 8.71. The van der Waals surface area contributed by atoms with Crippen LogP contribution in [0.4, 0.5) is 0 Å². The molecule has 0 saturated heterocycles. The summed E-state index contributed by atoms with van der Waals surface area (Å²) in [5.74, 6) is -0.798. The normalized spacial score (nSPS) is 19.0. The third kappa shape index (κ3) is 4.60.